The van der Waals surface area contributed by atoms with Crippen LogP contribution in [0.3, 0.4) is 0 Å². The van der Waals surface area contributed by atoms with Crippen molar-refractivity contribution in [1.82, 2.24) is 9.55 Å². The van der Waals surface area contributed by atoms with E-state index in [2.05, 4.69) is 0 Å². The molecule has 0 radical (unpaired) electrons. The first-order valence-corrected chi connectivity index (χ1v) is 8.71. The number of aromatic nitrogens is 2. The van der Waals surface area contributed by atoms with Crippen LogP contribution in [0.15, 0.2) is 29.1 Å². The van der Waals surface area contributed by atoms with E-state index in [1.165, 1.54) is 0 Å². The van der Waals surface area contributed by atoms with Gasteiger partial charge in [0.25, 0.3) is 5.56 Å². The number of hydrogen-bond donors (Lipinski definition) is 0. The molecule has 0 saturated heterocycles. The van der Waals surface area contributed by atoms with E-state index in [0.717, 1.165) is 44.0 Å². The minimum absolute atomic E-state index is 0.0782. The molecule has 4 rings (SSSR count). The van der Waals surface area contributed by atoms with Gasteiger partial charge in [0.2, 0.25) is 0 Å². The largest absolute Gasteiger partial charge is 0.292 e. The van der Waals surface area contributed by atoms with Gasteiger partial charge in [-0.3, -0.25) is 9.36 Å². The molecule has 0 N–H and O–H groups in total. The number of thiophene rings is 1. The van der Waals surface area contributed by atoms with Gasteiger partial charge in [-0.05, 0) is 49.1 Å². The first kappa shape index (κ1) is 14.7. The number of hydrogen-bond acceptors (Lipinski definition) is 3. The molecule has 3 heterocycles. The van der Waals surface area contributed by atoms with E-state index in [1.54, 1.807) is 15.9 Å². The maximum atomic E-state index is 12.8. The lowest BCUT2D eigenvalue weighted by atomic mass is 10.1. The third-order valence-electron chi connectivity index (χ3n) is 4.42. The number of nitrogens with zero attached hydrogens (tertiary/aromatic N) is 2. The molecule has 1 aliphatic rings. The van der Waals surface area contributed by atoms with Crippen molar-refractivity contribution >= 4 is 44.8 Å². The van der Waals surface area contributed by atoms with Gasteiger partial charge >= 0.3 is 0 Å². The van der Waals surface area contributed by atoms with E-state index in [-0.39, 0.29) is 5.56 Å². The third kappa shape index (κ3) is 2.25. The summed E-state index contributed by atoms with van der Waals surface area (Å²) in [5.41, 5.74) is 3.17. The SMILES string of the molecule is Cc1sc2nc3n(c(=O)c2c1C)CC/C3=C/c1ccccc1Cl. The standard InChI is InChI=1S/C18H15ClN2OS/c1-10-11(2)23-17-15(10)18(22)21-8-7-13(16(21)20-17)9-12-5-3-4-6-14(12)19/h3-6,9H,7-8H2,1-2H3/b13-9-. The van der Waals surface area contributed by atoms with Gasteiger partial charge in [0.1, 0.15) is 10.7 Å². The highest BCUT2D eigenvalue weighted by Crippen LogP contribution is 2.32. The molecule has 3 aromatic rings. The van der Waals surface area contributed by atoms with Crippen molar-refractivity contribution in [1.29, 1.82) is 0 Å². The van der Waals surface area contributed by atoms with Crippen LogP contribution in [0.1, 0.15) is 28.2 Å². The van der Waals surface area contributed by atoms with E-state index in [1.807, 2.05) is 44.2 Å². The van der Waals surface area contributed by atoms with Gasteiger partial charge in [-0.2, -0.15) is 0 Å². The number of rotatable bonds is 1. The van der Waals surface area contributed by atoms with Crippen molar-refractivity contribution in [3.63, 3.8) is 0 Å². The third-order valence-corrected chi connectivity index (χ3v) is 5.86. The summed E-state index contributed by atoms with van der Waals surface area (Å²) >= 11 is 7.84. The number of aryl methyl sites for hydroxylation is 2. The van der Waals surface area contributed by atoms with Gasteiger partial charge in [-0.15, -0.1) is 11.3 Å². The Morgan fingerprint density at radius 3 is 2.87 bits per heavy atom. The van der Waals surface area contributed by atoms with Crippen molar-refractivity contribution in [3.05, 3.63) is 61.5 Å². The molecule has 3 nitrogen and oxygen atoms in total. The van der Waals surface area contributed by atoms with Gasteiger partial charge in [0.15, 0.2) is 0 Å². The first-order chi connectivity index (χ1) is 11.1. The minimum Gasteiger partial charge on any atom is -0.292 e. The number of benzene rings is 1. The Hall–Kier alpha value is -1.91. The Morgan fingerprint density at radius 1 is 1.30 bits per heavy atom. The summed E-state index contributed by atoms with van der Waals surface area (Å²) in [6, 6.07) is 7.73. The predicted molar refractivity (Wildman–Crippen MR) is 97.3 cm³/mol. The van der Waals surface area contributed by atoms with Gasteiger partial charge in [-0.1, -0.05) is 29.8 Å². The zero-order chi connectivity index (χ0) is 16.1. The molecule has 0 unspecified atom stereocenters. The molecular formula is C18H15ClN2OS. The van der Waals surface area contributed by atoms with Crippen molar-refractivity contribution in [2.75, 3.05) is 0 Å². The quantitative estimate of drug-likeness (QED) is 0.644. The van der Waals surface area contributed by atoms with Crippen LogP contribution in [0.4, 0.5) is 0 Å². The number of allylic oxidation sites excluding steroid dienone is 1. The summed E-state index contributed by atoms with van der Waals surface area (Å²) in [7, 11) is 0. The Morgan fingerprint density at radius 2 is 2.09 bits per heavy atom. The molecule has 0 bridgehead atoms. The molecule has 1 aromatic carbocycles. The zero-order valence-corrected chi connectivity index (χ0v) is 14.5. The van der Waals surface area contributed by atoms with Crippen LogP contribution in [-0.2, 0) is 6.54 Å². The Labute approximate surface area is 142 Å². The topological polar surface area (TPSA) is 34.9 Å². The maximum Gasteiger partial charge on any atom is 0.262 e. The van der Waals surface area contributed by atoms with Crippen LogP contribution in [0.5, 0.6) is 0 Å². The fourth-order valence-corrected chi connectivity index (χ4v) is 4.25. The van der Waals surface area contributed by atoms with Crippen molar-refractivity contribution < 1.29 is 0 Å². The molecule has 0 atom stereocenters. The fourth-order valence-electron chi connectivity index (χ4n) is 3.04. The molecule has 116 valence electrons. The number of fused-ring (bicyclic) bond motifs is 2. The van der Waals surface area contributed by atoms with E-state index >= 15 is 0 Å². The normalized spacial score (nSPS) is 15.5. The Bertz CT molecular complexity index is 1030. The van der Waals surface area contributed by atoms with E-state index in [9.17, 15) is 4.79 Å². The summed E-state index contributed by atoms with van der Waals surface area (Å²) in [6.45, 7) is 4.72. The predicted octanol–water partition coefficient (Wildman–Crippen LogP) is 4.67. The average molecular weight is 343 g/mol. The molecule has 0 aliphatic carbocycles. The van der Waals surface area contributed by atoms with Crippen LogP contribution in [0.25, 0.3) is 21.9 Å². The Balaban J connectivity index is 1.94. The molecule has 2 aromatic heterocycles. The maximum absolute atomic E-state index is 12.8. The monoisotopic (exact) mass is 342 g/mol. The summed E-state index contributed by atoms with van der Waals surface area (Å²) in [5.74, 6) is 0.781. The molecule has 0 spiro atoms. The van der Waals surface area contributed by atoms with Gasteiger partial charge in [0.05, 0.1) is 5.39 Å². The smallest absolute Gasteiger partial charge is 0.262 e. The summed E-state index contributed by atoms with van der Waals surface area (Å²) in [4.78, 5) is 19.6. The number of halogens is 1. The van der Waals surface area contributed by atoms with E-state index < -0.39 is 0 Å². The summed E-state index contributed by atoms with van der Waals surface area (Å²) < 4.78 is 1.80. The molecular weight excluding hydrogens is 328 g/mol. The summed E-state index contributed by atoms with van der Waals surface area (Å²) in [6.07, 6.45) is 2.86. The molecule has 0 amide bonds. The van der Waals surface area contributed by atoms with Crippen LogP contribution in [0.2, 0.25) is 5.02 Å². The van der Waals surface area contributed by atoms with Gasteiger partial charge in [-0.25, -0.2) is 4.98 Å². The second-order valence-electron chi connectivity index (χ2n) is 5.80. The first-order valence-electron chi connectivity index (χ1n) is 7.52. The van der Waals surface area contributed by atoms with Crippen LogP contribution in [0, 0.1) is 13.8 Å². The molecule has 0 saturated carbocycles. The highest BCUT2D eigenvalue weighted by atomic mass is 35.5. The molecule has 5 heteroatoms. The summed E-state index contributed by atoms with van der Waals surface area (Å²) in [5, 5.41) is 1.49. The van der Waals surface area contributed by atoms with Gasteiger partial charge in [0, 0.05) is 16.4 Å². The van der Waals surface area contributed by atoms with Gasteiger partial charge < -0.3 is 0 Å². The average Bonchev–Trinajstić information content (AvgIpc) is 3.05. The van der Waals surface area contributed by atoms with E-state index in [0.29, 0.717) is 11.6 Å². The molecule has 1 aliphatic heterocycles. The van der Waals surface area contributed by atoms with Crippen LogP contribution >= 0.6 is 22.9 Å². The Kier molecular flexibility index (Phi) is 3.39. The molecule has 0 fully saturated rings. The lowest BCUT2D eigenvalue weighted by molar-refractivity contribution is 0.726. The van der Waals surface area contributed by atoms with Crippen LogP contribution in [-0.4, -0.2) is 9.55 Å². The lowest BCUT2D eigenvalue weighted by Crippen LogP contribution is -2.20. The lowest BCUT2D eigenvalue weighted by Gasteiger charge is -2.04. The van der Waals surface area contributed by atoms with E-state index in [4.69, 9.17) is 16.6 Å². The molecule has 23 heavy (non-hydrogen) atoms. The second-order valence-corrected chi connectivity index (χ2v) is 7.41. The van der Waals surface area contributed by atoms with Crippen molar-refractivity contribution in [2.45, 2.75) is 26.8 Å². The zero-order valence-electron chi connectivity index (χ0n) is 12.9. The second kappa shape index (κ2) is 5.32. The highest BCUT2D eigenvalue weighted by Gasteiger charge is 2.23. The van der Waals surface area contributed by atoms with Crippen molar-refractivity contribution in [3.8, 4) is 0 Å². The fraction of sp³-hybridized carbons (Fsp3) is 0.222. The van der Waals surface area contributed by atoms with Crippen molar-refractivity contribution in [2.24, 2.45) is 0 Å². The minimum atomic E-state index is 0.0782. The van der Waals surface area contributed by atoms with Crippen LogP contribution < -0.4 is 5.56 Å². The highest BCUT2D eigenvalue weighted by molar-refractivity contribution is 7.18.